The molecule has 0 radical (unpaired) electrons. The van der Waals surface area contributed by atoms with Crippen molar-refractivity contribution < 1.29 is 4.74 Å². The lowest BCUT2D eigenvalue weighted by atomic mass is 9.86. The maximum Gasteiger partial charge on any atom is 0.122 e. The molecular formula is C17H29NO. The Bertz CT molecular complexity index is 362. The molecule has 1 N–H and O–H groups in total. The van der Waals surface area contributed by atoms with Gasteiger partial charge >= 0.3 is 0 Å². The summed E-state index contributed by atoms with van der Waals surface area (Å²) in [6.45, 7) is 12.9. The minimum atomic E-state index is 0.453. The van der Waals surface area contributed by atoms with Crippen LogP contribution in [0.1, 0.15) is 52.5 Å². The molecule has 19 heavy (non-hydrogen) atoms. The summed E-state index contributed by atoms with van der Waals surface area (Å²) in [7, 11) is 0. The van der Waals surface area contributed by atoms with Crippen molar-refractivity contribution in [2.24, 2.45) is 5.92 Å². The van der Waals surface area contributed by atoms with E-state index in [1.165, 1.54) is 12.0 Å². The van der Waals surface area contributed by atoms with E-state index in [2.05, 4.69) is 51.2 Å². The molecule has 0 spiro atoms. The van der Waals surface area contributed by atoms with E-state index in [1.807, 2.05) is 13.0 Å². The fraction of sp³-hybridized carbons (Fsp3) is 0.647. The summed E-state index contributed by atoms with van der Waals surface area (Å²) < 4.78 is 5.76. The van der Waals surface area contributed by atoms with Crippen LogP contribution in [0.2, 0.25) is 0 Å². The molecule has 0 aliphatic carbocycles. The van der Waals surface area contributed by atoms with Crippen molar-refractivity contribution in [3.05, 3.63) is 29.8 Å². The first-order valence-corrected chi connectivity index (χ1v) is 7.56. The van der Waals surface area contributed by atoms with Gasteiger partial charge in [-0.3, -0.25) is 0 Å². The Morgan fingerprint density at radius 2 is 1.79 bits per heavy atom. The summed E-state index contributed by atoms with van der Waals surface area (Å²) in [6.07, 6.45) is 1.17. The Balaban J connectivity index is 2.91. The van der Waals surface area contributed by atoms with Crippen LogP contribution in [0.15, 0.2) is 24.3 Å². The monoisotopic (exact) mass is 263 g/mol. The van der Waals surface area contributed by atoms with Crippen LogP contribution < -0.4 is 10.1 Å². The molecule has 0 bridgehead atoms. The molecule has 2 atom stereocenters. The molecule has 1 aromatic carbocycles. The Hall–Kier alpha value is -1.02. The molecule has 1 rings (SSSR count). The molecule has 108 valence electrons. The van der Waals surface area contributed by atoms with Gasteiger partial charge in [-0.15, -0.1) is 0 Å². The summed E-state index contributed by atoms with van der Waals surface area (Å²) >= 11 is 0. The predicted octanol–water partition coefficient (Wildman–Crippen LogP) is 4.21. The lowest BCUT2D eigenvalue weighted by molar-refractivity contribution is 0.317. The van der Waals surface area contributed by atoms with Gasteiger partial charge in [0.25, 0.3) is 0 Å². The van der Waals surface area contributed by atoms with Gasteiger partial charge in [0.05, 0.1) is 6.61 Å². The van der Waals surface area contributed by atoms with Crippen LogP contribution in [-0.4, -0.2) is 19.2 Å². The van der Waals surface area contributed by atoms with Crippen LogP contribution in [0.5, 0.6) is 5.75 Å². The summed E-state index contributed by atoms with van der Waals surface area (Å²) in [5, 5.41) is 3.68. The molecule has 0 amide bonds. The number of hydrogen-bond acceptors (Lipinski definition) is 2. The zero-order chi connectivity index (χ0) is 14.3. The number of benzene rings is 1. The Morgan fingerprint density at radius 1 is 1.11 bits per heavy atom. The smallest absolute Gasteiger partial charge is 0.122 e. The van der Waals surface area contributed by atoms with Gasteiger partial charge in [-0.2, -0.15) is 0 Å². The SMILES string of the molecule is CCCNC(C(C)C)C(C)c1ccccc1OCC. The molecule has 1 aromatic rings. The van der Waals surface area contributed by atoms with Crippen molar-refractivity contribution >= 4 is 0 Å². The van der Waals surface area contributed by atoms with E-state index in [9.17, 15) is 0 Å². The van der Waals surface area contributed by atoms with E-state index in [4.69, 9.17) is 4.74 Å². The predicted molar refractivity (Wildman–Crippen MR) is 82.9 cm³/mol. The highest BCUT2D eigenvalue weighted by Crippen LogP contribution is 2.31. The van der Waals surface area contributed by atoms with Crippen LogP contribution >= 0.6 is 0 Å². The molecule has 0 aliphatic rings. The second-order valence-electron chi connectivity index (χ2n) is 5.48. The second-order valence-corrected chi connectivity index (χ2v) is 5.48. The number of nitrogens with one attached hydrogen (secondary N) is 1. The van der Waals surface area contributed by atoms with E-state index in [-0.39, 0.29) is 0 Å². The van der Waals surface area contributed by atoms with E-state index < -0.39 is 0 Å². The van der Waals surface area contributed by atoms with Gasteiger partial charge in [-0.25, -0.2) is 0 Å². The zero-order valence-electron chi connectivity index (χ0n) is 13.1. The van der Waals surface area contributed by atoms with Crippen molar-refractivity contribution in [3.8, 4) is 5.75 Å². The minimum absolute atomic E-state index is 0.453. The molecule has 2 heteroatoms. The fourth-order valence-electron chi connectivity index (χ4n) is 2.64. The van der Waals surface area contributed by atoms with Crippen LogP contribution in [0.25, 0.3) is 0 Å². The summed E-state index contributed by atoms with van der Waals surface area (Å²) in [5.74, 6) is 2.09. The van der Waals surface area contributed by atoms with Gasteiger partial charge in [0.15, 0.2) is 0 Å². The third kappa shape index (κ3) is 4.54. The molecule has 0 heterocycles. The van der Waals surface area contributed by atoms with Gasteiger partial charge < -0.3 is 10.1 Å². The first-order valence-electron chi connectivity index (χ1n) is 7.56. The standard InChI is InChI=1S/C17H29NO/c1-6-12-18-17(13(3)4)14(5)15-10-8-9-11-16(15)19-7-2/h8-11,13-14,17-18H,6-7,12H2,1-5H3. The van der Waals surface area contributed by atoms with Crippen molar-refractivity contribution in [2.45, 2.75) is 53.0 Å². The average Bonchev–Trinajstić information content (AvgIpc) is 2.39. The van der Waals surface area contributed by atoms with Gasteiger partial charge in [0, 0.05) is 12.0 Å². The summed E-state index contributed by atoms with van der Waals surface area (Å²) in [6, 6.07) is 8.91. The first-order chi connectivity index (χ1) is 9.11. The van der Waals surface area contributed by atoms with Crippen molar-refractivity contribution in [1.82, 2.24) is 5.32 Å². The van der Waals surface area contributed by atoms with E-state index in [0.29, 0.717) is 17.9 Å². The highest BCUT2D eigenvalue weighted by Gasteiger charge is 2.23. The largest absolute Gasteiger partial charge is 0.494 e. The van der Waals surface area contributed by atoms with Crippen LogP contribution in [0, 0.1) is 5.92 Å². The number of para-hydroxylation sites is 1. The first kappa shape index (κ1) is 16.0. The fourth-order valence-corrected chi connectivity index (χ4v) is 2.64. The second kappa shape index (κ2) is 8.21. The normalized spacial score (nSPS) is 14.4. The third-order valence-corrected chi connectivity index (χ3v) is 3.60. The molecular weight excluding hydrogens is 234 g/mol. The van der Waals surface area contributed by atoms with Gasteiger partial charge in [0.1, 0.15) is 5.75 Å². The van der Waals surface area contributed by atoms with E-state index in [1.54, 1.807) is 0 Å². The molecule has 2 nitrogen and oxygen atoms in total. The number of ether oxygens (including phenoxy) is 1. The van der Waals surface area contributed by atoms with Crippen molar-refractivity contribution in [1.29, 1.82) is 0 Å². The maximum atomic E-state index is 5.76. The summed E-state index contributed by atoms with van der Waals surface area (Å²) in [5.41, 5.74) is 1.31. The Labute approximate surface area is 118 Å². The molecule has 2 unspecified atom stereocenters. The molecule has 0 saturated carbocycles. The molecule has 0 saturated heterocycles. The van der Waals surface area contributed by atoms with Gasteiger partial charge in [0.2, 0.25) is 0 Å². The topological polar surface area (TPSA) is 21.3 Å². The van der Waals surface area contributed by atoms with Crippen LogP contribution in [0.4, 0.5) is 0 Å². The molecule has 0 aromatic heterocycles. The highest BCUT2D eigenvalue weighted by molar-refractivity contribution is 5.37. The van der Waals surface area contributed by atoms with Gasteiger partial charge in [-0.1, -0.05) is 45.9 Å². The average molecular weight is 263 g/mol. The minimum Gasteiger partial charge on any atom is -0.494 e. The number of rotatable bonds is 8. The Kier molecular flexibility index (Phi) is 6.93. The lowest BCUT2D eigenvalue weighted by Crippen LogP contribution is -2.38. The van der Waals surface area contributed by atoms with Crippen molar-refractivity contribution in [2.75, 3.05) is 13.2 Å². The van der Waals surface area contributed by atoms with Crippen LogP contribution in [-0.2, 0) is 0 Å². The lowest BCUT2D eigenvalue weighted by Gasteiger charge is -2.30. The maximum absolute atomic E-state index is 5.76. The van der Waals surface area contributed by atoms with Crippen LogP contribution in [0.3, 0.4) is 0 Å². The molecule has 0 aliphatic heterocycles. The summed E-state index contributed by atoms with van der Waals surface area (Å²) in [4.78, 5) is 0. The van der Waals surface area contributed by atoms with E-state index >= 15 is 0 Å². The van der Waals surface area contributed by atoms with E-state index in [0.717, 1.165) is 18.9 Å². The quantitative estimate of drug-likeness (QED) is 0.758. The molecule has 0 fully saturated rings. The van der Waals surface area contributed by atoms with Gasteiger partial charge in [-0.05, 0) is 37.4 Å². The van der Waals surface area contributed by atoms with Crippen molar-refractivity contribution in [3.63, 3.8) is 0 Å². The number of hydrogen-bond donors (Lipinski definition) is 1. The Morgan fingerprint density at radius 3 is 2.37 bits per heavy atom. The highest BCUT2D eigenvalue weighted by atomic mass is 16.5. The zero-order valence-corrected chi connectivity index (χ0v) is 13.1. The third-order valence-electron chi connectivity index (χ3n) is 3.60.